The van der Waals surface area contributed by atoms with Crippen LogP contribution < -0.4 is 0 Å². The highest BCUT2D eigenvalue weighted by molar-refractivity contribution is 7.15. The van der Waals surface area contributed by atoms with Gasteiger partial charge in [0.15, 0.2) is 4.96 Å². The van der Waals surface area contributed by atoms with Crippen molar-refractivity contribution in [1.82, 2.24) is 24.1 Å². The van der Waals surface area contributed by atoms with Crippen molar-refractivity contribution in [3.05, 3.63) is 41.4 Å². The molecule has 0 aliphatic carbocycles. The minimum atomic E-state index is 0.191. The van der Waals surface area contributed by atoms with Crippen LogP contribution in [-0.4, -0.2) is 49.9 Å². The molecule has 1 aliphatic rings. The van der Waals surface area contributed by atoms with Crippen LogP contribution in [0.2, 0.25) is 0 Å². The fraction of sp³-hybridized carbons (Fsp3) is 0.467. The minimum absolute atomic E-state index is 0.191. The topological polar surface area (TPSA) is 47.6 Å². The van der Waals surface area contributed by atoms with E-state index >= 15 is 0 Å². The third kappa shape index (κ3) is 2.92. The van der Waals surface area contributed by atoms with Gasteiger partial charge in [-0.3, -0.25) is 14.0 Å². The predicted molar refractivity (Wildman–Crippen MR) is 85.1 cm³/mol. The first kappa shape index (κ1) is 13.9. The normalized spacial score (nSPS) is 20.0. The maximum absolute atomic E-state index is 5.88. The molecule has 0 amide bonds. The van der Waals surface area contributed by atoms with Gasteiger partial charge in [0.25, 0.3) is 0 Å². The molecule has 3 aromatic heterocycles. The van der Waals surface area contributed by atoms with Crippen LogP contribution in [0, 0.1) is 6.92 Å². The van der Waals surface area contributed by atoms with E-state index in [1.54, 1.807) is 11.3 Å². The Bertz CT molecular complexity index is 732. The molecule has 0 saturated carbocycles. The summed E-state index contributed by atoms with van der Waals surface area (Å²) in [5, 5.41) is 6.40. The lowest BCUT2D eigenvalue weighted by Gasteiger charge is -2.32. The van der Waals surface area contributed by atoms with E-state index < -0.39 is 0 Å². The maximum Gasteiger partial charge on any atom is 0.193 e. The van der Waals surface area contributed by atoms with E-state index in [9.17, 15) is 0 Å². The van der Waals surface area contributed by atoms with Crippen molar-refractivity contribution in [1.29, 1.82) is 0 Å². The molecule has 0 spiro atoms. The van der Waals surface area contributed by atoms with E-state index in [4.69, 9.17) is 4.74 Å². The van der Waals surface area contributed by atoms with E-state index in [-0.39, 0.29) is 6.10 Å². The average Bonchev–Trinajstić information content (AvgIpc) is 3.16. The summed E-state index contributed by atoms with van der Waals surface area (Å²) in [5.41, 5.74) is 2.31. The Kier molecular flexibility index (Phi) is 3.69. The Hall–Kier alpha value is -1.70. The summed E-state index contributed by atoms with van der Waals surface area (Å²) in [4.78, 5) is 8.14. The summed E-state index contributed by atoms with van der Waals surface area (Å²) < 4.78 is 9.93. The van der Waals surface area contributed by atoms with E-state index in [1.165, 1.54) is 5.56 Å². The number of imidazole rings is 1. The Morgan fingerprint density at radius 1 is 1.41 bits per heavy atom. The van der Waals surface area contributed by atoms with Gasteiger partial charge >= 0.3 is 0 Å². The molecule has 1 fully saturated rings. The van der Waals surface area contributed by atoms with Crippen LogP contribution in [0.4, 0.5) is 0 Å². The summed E-state index contributed by atoms with van der Waals surface area (Å²) in [7, 11) is 0. The zero-order chi connectivity index (χ0) is 14.9. The lowest BCUT2D eigenvalue weighted by molar-refractivity contribution is -0.0405. The summed E-state index contributed by atoms with van der Waals surface area (Å²) in [6, 6.07) is 0. The fourth-order valence-electron chi connectivity index (χ4n) is 2.89. The zero-order valence-corrected chi connectivity index (χ0v) is 13.4. The number of aromatic nitrogens is 4. The van der Waals surface area contributed by atoms with Crippen LogP contribution in [0.1, 0.15) is 11.3 Å². The van der Waals surface area contributed by atoms with Gasteiger partial charge in [-0.1, -0.05) is 0 Å². The highest BCUT2D eigenvalue weighted by atomic mass is 32.1. The minimum Gasteiger partial charge on any atom is -0.374 e. The number of rotatable bonds is 4. The van der Waals surface area contributed by atoms with Crippen molar-refractivity contribution < 1.29 is 4.74 Å². The Morgan fingerprint density at radius 2 is 2.36 bits per heavy atom. The second-order valence-corrected chi connectivity index (χ2v) is 6.67. The van der Waals surface area contributed by atoms with Gasteiger partial charge in [-0.2, -0.15) is 5.10 Å². The molecule has 4 rings (SSSR count). The molecule has 4 heterocycles. The third-order valence-corrected chi connectivity index (χ3v) is 4.68. The second kappa shape index (κ2) is 5.83. The van der Waals surface area contributed by atoms with Crippen LogP contribution >= 0.6 is 11.3 Å². The first-order chi connectivity index (χ1) is 10.8. The van der Waals surface area contributed by atoms with Gasteiger partial charge in [-0.05, 0) is 12.5 Å². The molecule has 1 atom stereocenters. The highest BCUT2D eigenvalue weighted by Crippen LogP contribution is 2.15. The second-order valence-electron chi connectivity index (χ2n) is 5.79. The number of hydrogen-bond acceptors (Lipinski definition) is 5. The predicted octanol–water partition coefficient (Wildman–Crippen LogP) is 1.80. The van der Waals surface area contributed by atoms with Crippen LogP contribution in [-0.2, 0) is 17.8 Å². The van der Waals surface area contributed by atoms with Crippen molar-refractivity contribution in [2.45, 2.75) is 26.1 Å². The molecule has 1 aliphatic heterocycles. The van der Waals surface area contributed by atoms with Crippen LogP contribution in [0.5, 0.6) is 0 Å². The standard InChI is InChI=1S/C15H19N5OS/c1-12-6-16-20(7-12)11-14-10-18(2-4-21-14)8-13-9-19-3-5-22-15(19)17-13/h3,5-7,9,14H,2,4,8,10-11H2,1H3. The molecule has 22 heavy (non-hydrogen) atoms. The molecule has 0 radical (unpaired) electrons. The average molecular weight is 317 g/mol. The molecule has 0 aromatic carbocycles. The van der Waals surface area contributed by atoms with Crippen LogP contribution in [0.15, 0.2) is 30.2 Å². The number of hydrogen-bond donors (Lipinski definition) is 0. The van der Waals surface area contributed by atoms with Crippen molar-refractivity contribution in [2.75, 3.05) is 19.7 Å². The smallest absolute Gasteiger partial charge is 0.193 e. The van der Waals surface area contributed by atoms with Crippen LogP contribution in [0.25, 0.3) is 4.96 Å². The number of thiazole rings is 1. The monoisotopic (exact) mass is 317 g/mol. The number of nitrogens with zero attached hydrogens (tertiary/aromatic N) is 5. The van der Waals surface area contributed by atoms with Gasteiger partial charge in [0.05, 0.1) is 31.1 Å². The largest absolute Gasteiger partial charge is 0.374 e. The first-order valence-electron chi connectivity index (χ1n) is 7.50. The fourth-order valence-corrected chi connectivity index (χ4v) is 3.61. The summed E-state index contributed by atoms with van der Waals surface area (Å²) in [6.07, 6.45) is 8.31. The molecule has 0 N–H and O–H groups in total. The lowest BCUT2D eigenvalue weighted by atomic mass is 10.2. The molecule has 116 valence electrons. The molecule has 1 saturated heterocycles. The van der Waals surface area contributed by atoms with Gasteiger partial charge in [0.1, 0.15) is 0 Å². The lowest BCUT2D eigenvalue weighted by Crippen LogP contribution is -2.43. The molecular formula is C15H19N5OS. The van der Waals surface area contributed by atoms with Gasteiger partial charge in [-0.25, -0.2) is 4.98 Å². The SMILES string of the molecule is Cc1cnn(CC2CN(Cc3cn4ccsc4n3)CCO2)c1. The Labute approximate surface area is 132 Å². The van der Waals surface area contributed by atoms with Crippen molar-refractivity contribution in [2.24, 2.45) is 0 Å². The van der Waals surface area contributed by atoms with Gasteiger partial charge in [0.2, 0.25) is 0 Å². The van der Waals surface area contributed by atoms with Gasteiger partial charge in [-0.15, -0.1) is 11.3 Å². The molecule has 3 aromatic rings. The summed E-state index contributed by atoms with van der Waals surface area (Å²) in [6.45, 7) is 6.40. The first-order valence-corrected chi connectivity index (χ1v) is 8.38. The van der Waals surface area contributed by atoms with Gasteiger partial charge < -0.3 is 4.74 Å². The third-order valence-electron chi connectivity index (χ3n) is 3.90. The molecule has 1 unspecified atom stereocenters. The maximum atomic E-state index is 5.88. The Balaban J connectivity index is 1.39. The molecule has 7 heteroatoms. The zero-order valence-electron chi connectivity index (χ0n) is 12.6. The van der Waals surface area contributed by atoms with E-state index in [0.717, 1.165) is 43.4 Å². The van der Waals surface area contributed by atoms with E-state index in [2.05, 4.69) is 50.3 Å². The van der Waals surface area contributed by atoms with Crippen molar-refractivity contribution in [3.63, 3.8) is 0 Å². The molecule has 6 nitrogen and oxygen atoms in total. The van der Waals surface area contributed by atoms with E-state index in [1.807, 2.05) is 10.9 Å². The van der Waals surface area contributed by atoms with Crippen LogP contribution in [0.3, 0.4) is 0 Å². The summed E-state index contributed by atoms with van der Waals surface area (Å²) in [5.74, 6) is 0. The number of fused-ring (bicyclic) bond motifs is 1. The van der Waals surface area contributed by atoms with Crippen molar-refractivity contribution in [3.8, 4) is 0 Å². The van der Waals surface area contributed by atoms with E-state index in [0.29, 0.717) is 0 Å². The van der Waals surface area contributed by atoms with Crippen molar-refractivity contribution >= 4 is 16.3 Å². The number of aryl methyl sites for hydroxylation is 1. The van der Waals surface area contributed by atoms with Gasteiger partial charge in [0, 0.05) is 43.6 Å². The highest BCUT2D eigenvalue weighted by Gasteiger charge is 2.22. The Morgan fingerprint density at radius 3 is 3.18 bits per heavy atom. The summed E-state index contributed by atoms with van der Waals surface area (Å²) >= 11 is 1.67. The molecule has 0 bridgehead atoms. The quantitative estimate of drug-likeness (QED) is 0.736. The molecular weight excluding hydrogens is 298 g/mol. The number of morpholine rings is 1. The number of ether oxygens (including phenoxy) is 1.